The van der Waals surface area contributed by atoms with E-state index in [0.29, 0.717) is 0 Å². The van der Waals surface area contributed by atoms with Gasteiger partial charge in [-0.05, 0) is 27.7 Å². The molecule has 0 radical (unpaired) electrons. The van der Waals surface area contributed by atoms with Crippen molar-refractivity contribution in [2.75, 3.05) is 0 Å². The van der Waals surface area contributed by atoms with Gasteiger partial charge in [-0.15, -0.1) is 11.3 Å². The molecule has 0 unspecified atom stereocenters. The SMILES string of the molecule is ClSc1csc2ccccc12. The fraction of sp³-hybridized carbons (Fsp3) is 0. The smallest absolute Gasteiger partial charge is 0.0419 e. The lowest BCUT2D eigenvalue weighted by molar-refractivity contribution is 1.68. The van der Waals surface area contributed by atoms with E-state index in [1.54, 1.807) is 11.3 Å². The van der Waals surface area contributed by atoms with E-state index in [1.807, 2.05) is 12.1 Å². The molecule has 0 fully saturated rings. The highest BCUT2D eigenvalue weighted by molar-refractivity contribution is 8.21. The highest BCUT2D eigenvalue weighted by atomic mass is 35.7. The summed E-state index contributed by atoms with van der Waals surface area (Å²) in [7, 11) is 6.96. The van der Waals surface area contributed by atoms with Crippen LogP contribution in [0.3, 0.4) is 0 Å². The van der Waals surface area contributed by atoms with Crippen LogP contribution in [0.15, 0.2) is 34.5 Å². The molecule has 0 aliphatic heterocycles. The number of thiophene rings is 1. The molecule has 0 aliphatic carbocycles. The van der Waals surface area contributed by atoms with E-state index in [2.05, 4.69) is 17.5 Å². The van der Waals surface area contributed by atoms with Crippen molar-refractivity contribution >= 4 is 43.1 Å². The number of hydrogen-bond donors (Lipinski definition) is 0. The van der Waals surface area contributed by atoms with E-state index >= 15 is 0 Å². The molecule has 3 heteroatoms. The van der Waals surface area contributed by atoms with Gasteiger partial charge in [-0.2, -0.15) is 0 Å². The molecule has 0 aliphatic rings. The molecule has 1 aromatic heterocycles. The van der Waals surface area contributed by atoms with Crippen LogP contribution in [0.2, 0.25) is 0 Å². The second kappa shape index (κ2) is 3.05. The maximum Gasteiger partial charge on any atom is 0.0419 e. The van der Waals surface area contributed by atoms with Crippen LogP contribution in [-0.4, -0.2) is 0 Å². The Morgan fingerprint density at radius 2 is 2.09 bits per heavy atom. The van der Waals surface area contributed by atoms with Gasteiger partial charge >= 0.3 is 0 Å². The van der Waals surface area contributed by atoms with E-state index in [9.17, 15) is 0 Å². The first-order valence-corrected chi connectivity index (χ1v) is 5.69. The quantitative estimate of drug-likeness (QED) is 0.667. The van der Waals surface area contributed by atoms with Crippen LogP contribution in [0.1, 0.15) is 0 Å². The van der Waals surface area contributed by atoms with Gasteiger partial charge in [-0.3, -0.25) is 0 Å². The molecule has 1 aromatic carbocycles. The summed E-state index contributed by atoms with van der Waals surface area (Å²) >= 11 is 1.73. The van der Waals surface area contributed by atoms with Crippen LogP contribution < -0.4 is 0 Å². The Hall–Kier alpha value is -0.180. The predicted octanol–water partition coefficient (Wildman–Crippen LogP) is 4.15. The van der Waals surface area contributed by atoms with E-state index in [1.165, 1.54) is 21.1 Å². The van der Waals surface area contributed by atoms with E-state index < -0.39 is 0 Å². The zero-order valence-electron chi connectivity index (χ0n) is 5.58. The Morgan fingerprint density at radius 1 is 1.27 bits per heavy atom. The summed E-state index contributed by atoms with van der Waals surface area (Å²) in [6, 6.07) is 8.28. The van der Waals surface area contributed by atoms with Gasteiger partial charge in [0.15, 0.2) is 0 Å². The van der Waals surface area contributed by atoms with Crippen LogP contribution in [0.25, 0.3) is 10.1 Å². The number of hydrogen-bond acceptors (Lipinski definition) is 2. The second-order valence-corrected chi connectivity index (χ2v) is 4.14. The van der Waals surface area contributed by atoms with Crippen molar-refractivity contribution in [3.05, 3.63) is 29.6 Å². The average molecular weight is 201 g/mol. The Labute approximate surface area is 77.7 Å². The topological polar surface area (TPSA) is 0 Å². The Bertz CT molecular complexity index is 367. The third-order valence-electron chi connectivity index (χ3n) is 1.53. The zero-order valence-corrected chi connectivity index (χ0v) is 7.97. The van der Waals surface area contributed by atoms with E-state index in [0.717, 1.165) is 4.90 Å². The number of fused-ring (bicyclic) bond motifs is 1. The van der Waals surface area contributed by atoms with Gasteiger partial charge in [0.05, 0.1) is 0 Å². The number of benzene rings is 1. The first-order chi connectivity index (χ1) is 5.42. The van der Waals surface area contributed by atoms with E-state index in [-0.39, 0.29) is 0 Å². The van der Waals surface area contributed by atoms with Crippen LogP contribution in [0, 0.1) is 0 Å². The largest absolute Gasteiger partial charge is 0.143 e. The van der Waals surface area contributed by atoms with Crippen molar-refractivity contribution in [3.8, 4) is 0 Å². The Balaban J connectivity index is 2.76. The fourth-order valence-electron chi connectivity index (χ4n) is 1.01. The molecule has 0 bridgehead atoms. The molecule has 2 aromatic rings. The summed E-state index contributed by atoms with van der Waals surface area (Å²) in [6.07, 6.45) is 0. The normalized spacial score (nSPS) is 10.6. The molecule has 2 rings (SSSR count). The summed E-state index contributed by atoms with van der Waals surface area (Å²) in [5.41, 5.74) is 0. The molecule has 0 spiro atoms. The van der Waals surface area contributed by atoms with E-state index in [4.69, 9.17) is 10.7 Å². The minimum Gasteiger partial charge on any atom is -0.143 e. The molecule has 0 amide bonds. The lowest BCUT2D eigenvalue weighted by Crippen LogP contribution is -1.61. The second-order valence-electron chi connectivity index (χ2n) is 2.17. The molecule has 1 heterocycles. The van der Waals surface area contributed by atoms with Crippen LogP contribution in [-0.2, 0) is 0 Å². The standard InChI is InChI=1S/C8H5ClS2/c9-11-8-5-10-7-4-2-1-3-6(7)8/h1-5H. The number of halogens is 1. The molecule has 0 atom stereocenters. The monoisotopic (exact) mass is 200 g/mol. The maximum absolute atomic E-state index is 5.67. The van der Waals surface area contributed by atoms with Crippen molar-refractivity contribution < 1.29 is 0 Å². The Morgan fingerprint density at radius 3 is 2.91 bits per heavy atom. The van der Waals surface area contributed by atoms with Gasteiger partial charge in [0.1, 0.15) is 0 Å². The van der Waals surface area contributed by atoms with Crippen molar-refractivity contribution in [2.24, 2.45) is 0 Å². The number of rotatable bonds is 1. The molecule has 56 valence electrons. The fourth-order valence-corrected chi connectivity index (χ4v) is 3.03. The van der Waals surface area contributed by atoms with Crippen LogP contribution in [0.4, 0.5) is 0 Å². The molecular weight excluding hydrogens is 196 g/mol. The maximum atomic E-state index is 5.67. The molecular formula is C8H5ClS2. The predicted molar refractivity (Wildman–Crippen MR) is 53.5 cm³/mol. The van der Waals surface area contributed by atoms with Gasteiger partial charge in [0, 0.05) is 20.4 Å². The lowest BCUT2D eigenvalue weighted by Gasteiger charge is -1.88. The third-order valence-corrected chi connectivity index (χ3v) is 3.64. The van der Waals surface area contributed by atoms with Gasteiger partial charge in [0.25, 0.3) is 0 Å². The van der Waals surface area contributed by atoms with Crippen molar-refractivity contribution in [1.82, 2.24) is 0 Å². The highest BCUT2D eigenvalue weighted by Gasteiger charge is 2.00. The summed E-state index contributed by atoms with van der Waals surface area (Å²) < 4.78 is 1.30. The van der Waals surface area contributed by atoms with Crippen LogP contribution in [0.5, 0.6) is 0 Å². The summed E-state index contributed by atoms with van der Waals surface area (Å²) in [5, 5.41) is 3.35. The van der Waals surface area contributed by atoms with Gasteiger partial charge in [-0.25, -0.2) is 0 Å². The average Bonchev–Trinajstić information content (AvgIpc) is 2.47. The molecule has 0 N–H and O–H groups in total. The summed E-state index contributed by atoms with van der Waals surface area (Å²) in [6.45, 7) is 0. The minimum absolute atomic E-state index is 1.16. The van der Waals surface area contributed by atoms with Crippen molar-refractivity contribution in [3.63, 3.8) is 0 Å². The summed E-state index contributed by atoms with van der Waals surface area (Å²) in [4.78, 5) is 1.16. The molecule has 0 saturated heterocycles. The first-order valence-electron chi connectivity index (χ1n) is 3.16. The Kier molecular flexibility index (Phi) is 2.07. The van der Waals surface area contributed by atoms with Crippen molar-refractivity contribution in [2.45, 2.75) is 4.90 Å². The highest BCUT2D eigenvalue weighted by Crippen LogP contribution is 2.34. The summed E-state index contributed by atoms with van der Waals surface area (Å²) in [5.74, 6) is 0. The molecule has 11 heavy (non-hydrogen) atoms. The zero-order chi connectivity index (χ0) is 7.68. The molecule has 0 nitrogen and oxygen atoms in total. The lowest BCUT2D eigenvalue weighted by atomic mass is 10.3. The van der Waals surface area contributed by atoms with Gasteiger partial charge < -0.3 is 0 Å². The minimum atomic E-state index is 1.16. The first kappa shape index (κ1) is 7.47. The van der Waals surface area contributed by atoms with Crippen LogP contribution >= 0.6 is 33.0 Å². The van der Waals surface area contributed by atoms with Gasteiger partial charge in [-0.1, -0.05) is 18.2 Å². The van der Waals surface area contributed by atoms with Gasteiger partial charge in [0.2, 0.25) is 0 Å². The van der Waals surface area contributed by atoms with Crippen molar-refractivity contribution in [1.29, 1.82) is 0 Å². The molecule has 0 saturated carbocycles. The third kappa shape index (κ3) is 1.26.